The van der Waals surface area contributed by atoms with Crippen LogP contribution in [0, 0.1) is 6.92 Å². The third-order valence-corrected chi connectivity index (χ3v) is 7.12. The van der Waals surface area contributed by atoms with Crippen molar-refractivity contribution in [1.29, 1.82) is 0 Å². The van der Waals surface area contributed by atoms with E-state index >= 15 is 0 Å². The summed E-state index contributed by atoms with van der Waals surface area (Å²) in [4.78, 5) is 13.1. The van der Waals surface area contributed by atoms with E-state index in [9.17, 15) is 4.79 Å². The van der Waals surface area contributed by atoms with E-state index in [1.54, 1.807) is 11.8 Å². The Morgan fingerprint density at radius 2 is 1.90 bits per heavy atom. The SMILES string of the molecule is Cc1ccccc1CSc1nnc([C@@H](C)NC(=O)C2(c3ccc(Cl)cc3)CC2)n1C. The Kier molecular flexibility index (Phi) is 5.89. The lowest BCUT2D eigenvalue weighted by atomic mass is 9.94. The maximum absolute atomic E-state index is 13.1. The average molecular weight is 441 g/mol. The highest BCUT2D eigenvalue weighted by atomic mass is 35.5. The zero-order chi connectivity index (χ0) is 21.3. The molecule has 0 radical (unpaired) electrons. The quantitative estimate of drug-likeness (QED) is 0.526. The second-order valence-electron chi connectivity index (χ2n) is 7.90. The van der Waals surface area contributed by atoms with Gasteiger partial charge in [0.05, 0.1) is 11.5 Å². The zero-order valence-electron chi connectivity index (χ0n) is 17.4. The van der Waals surface area contributed by atoms with Crippen molar-refractivity contribution in [1.82, 2.24) is 20.1 Å². The molecule has 0 saturated heterocycles. The summed E-state index contributed by atoms with van der Waals surface area (Å²) < 4.78 is 1.97. The van der Waals surface area contributed by atoms with Gasteiger partial charge in [0.2, 0.25) is 5.91 Å². The van der Waals surface area contributed by atoms with Gasteiger partial charge in [-0.2, -0.15) is 0 Å². The summed E-state index contributed by atoms with van der Waals surface area (Å²) in [7, 11) is 1.95. The fourth-order valence-corrected chi connectivity index (χ4v) is 4.80. The van der Waals surface area contributed by atoms with Crippen molar-refractivity contribution in [3.8, 4) is 0 Å². The van der Waals surface area contributed by atoms with Gasteiger partial charge in [0.25, 0.3) is 0 Å². The van der Waals surface area contributed by atoms with Crippen LogP contribution < -0.4 is 5.32 Å². The van der Waals surface area contributed by atoms with Gasteiger partial charge in [-0.05, 0) is 55.5 Å². The van der Waals surface area contributed by atoms with Crippen molar-refractivity contribution in [2.75, 3.05) is 0 Å². The molecule has 0 aliphatic heterocycles. The second kappa shape index (κ2) is 8.44. The molecule has 3 aromatic rings. The van der Waals surface area contributed by atoms with Gasteiger partial charge in [0, 0.05) is 17.8 Å². The highest BCUT2D eigenvalue weighted by molar-refractivity contribution is 7.98. The van der Waals surface area contributed by atoms with Gasteiger partial charge < -0.3 is 9.88 Å². The molecule has 1 aliphatic rings. The number of aryl methyl sites for hydroxylation is 1. The molecule has 1 amide bonds. The van der Waals surface area contributed by atoms with Gasteiger partial charge in [-0.3, -0.25) is 4.79 Å². The van der Waals surface area contributed by atoms with E-state index < -0.39 is 5.41 Å². The van der Waals surface area contributed by atoms with Gasteiger partial charge in [-0.15, -0.1) is 10.2 Å². The Hall–Kier alpha value is -2.31. The molecule has 7 heteroatoms. The minimum absolute atomic E-state index is 0.0365. The molecule has 0 spiro atoms. The number of halogens is 1. The van der Waals surface area contributed by atoms with Crippen molar-refractivity contribution >= 4 is 29.3 Å². The van der Waals surface area contributed by atoms with E-state index in [4.69, 9.17) is 11.6 Å². The van der Waals surface area contributed by atoms with Crippen molar-refractivity contribution in [3.63, 3.8) is 0 Å². The van der Waals surface area contributed by atoms with E-state index in [0.29, 0.717) is 5.02 Å². The van der Waals surface area contributed by atoms with Crippen LogP contribution in [0.2, 0.25) is 5.02 Å². The Labute approximate surface area is 186 Å². The highest BCUT2D eigenvalue weighted by Crippen LogP contribution is 2.48. The molecule has 4 rings (SSSR count). The lowest BCUT2D eigenvalue weighted by Crippen LogP contribution is -2.37. The Morgan fingerprint density at radius 3 is 2.57 bits per heavy atom. The number of carbonyl (C=O) groups is 1. The molecule has 2 aromatic carbocycles. The van der Waals surface area contributed by atoms with Crippen LogP contribution in [0.5, 0.6) is 0 Å². The lowest BCUT2D eigenvalue weighted by Gasteiger charge is -2.20. The maximum atomic E-state index is 13.1. The summed E-state index contributed by atoms with van der Waals surface area (Å²) in [5.41, 5.74) is 3.13. The number of thioether (sulfide) groups is 1. The molecular formula is C23H25ClN4OS. The predicted molar refractivity (Wildman–Crippen MR) is 121 cm³/mol. The molecule has 5 nitrogen and oxygen atoms in total. The number of amides is 1. The Balaban J connectivity index is 1.43. The zero-order valence-corrected chi connectivity index (χ0v) is 18.9. The molecule has 1 saturated carbocycles. The highest BCUT2D eigenvalue weighted by Gasteiger charge is 2.51. The fraction of sp³-hybridized carbons (Fsp3) is 0.348. The first-order valence-electron chi connectivity index (χ1n) is 10.0. The first-order chi connectivity index (χ1) is 14.4. The molecule has 156 valence electrons. The van der Waals surface area contributed by atoms with Crippen LogP contribution in [0.15, 0.2) is 53.7 Å². The van der Waals surface area contributed by atoms with Gasteiger partial charge >= 0.3 is 0 Å². The first-order valence-corrected chi connectivity index (χ1v) is 11.4. The Morgan fingerprint density at radius 1 is 1.20 bits per heavy atom. The number of hydrogen-bond acceptors (Lipinski definition) is 4. The molecule has 1 N–H and O–H groups in total. The van der Waals surface area contributed by atoms with E-state index in [0.717, 1.165) is 35.1 Å². The number of carbonyl (C=O) groups excluding carboxylic acids is 1. The van der Waals surface area contributed by atoms with Gasteiger partial charge in [-0.1, -0.05) is 59.8 Å². The number of nitrogens with zero attached hydrogens (tertiary/aromatic N) is 3. The van der Waals surface area contributed by atoms with Crippen LogP contribution in [-0.4, -0.2) is 20.7 Å². The standard InChI is InChI=1S/C23H25ClN4OS/c1-15-6-4-5-7-17(15)14-30-22-27-26-20(28(22)3)16(2)25-21(29)23(12-13-23)18-8-10-19(24)11-9-18/h4-11,16H,12-14H2,1-3H3,(H,25,29)/t16-/m1/s1. The summed E-state index contributed by atoms with van der Waals surface area (Å²) in [5, 5.41) is 13.4. The fourth-order valence-electron chi connectivity index (χ4n) is 3.68. The van der Waals surface area contributed by atoms with E-state index in [1.807, 2.05) is 48.9 Å². The van der Waals surface area contributed by atoms with Crippen LogP contribution in [0.4, 0.5) is 0 Å². The van der Waals surface area contributed by atoms with Crippen LogP contribution >= 0.6 is 23.4 Å². The second-order valence-corrected chi connectivity index (χ2v) is 9.28. The average Bonchev–Trinajstić information content (AvgIpc) is 3.46. The topological polar surface area (TPSA) is 59.8 Å². The van der Waals surface area contributed by atoms with E-state index in [2.05, 4.69) is 40.6 Å². The smallest absolute Gasteiger partial charge is 0.231 e. The van der Waals surface area contributed by atoms with Crippen molar-refractivity contribution in [2.45, 2.75) is 49.1 Å². The Bertz CT molecular complexity index is 1060. The molecule has 1 atom stereocenters. The van der Waals surface area contributed by atoms with E-state index in [1.165, 1.54) is 11.1 Å². The molecule has 1 aliphatic carbocycles. The number of rotatable bonds is 7. The molecule has 30 heavy (non-hydrogen) atoms. The summed E-state index contributed by atoms with van der Waals surface area (Å²) in [5.74, 6) is 1.62. The van der Waals surface area contributed by atoms with Crippen LogP contribution in [0.25, 0.3) is 0 Å². The lowest BCUT2D eigenvalue weighted by molar-refractivity contribution is -0.124. The minimum Gasteiger partial charge on any atom is -0.346 e. The summed E-state index contributed by atoms with van der Waals surface area (Å²) in [6.07, 6.45) is 1.70. The van der Waals surface area contributed by atoms with Crippen molar-refractivity contribution < 1.29 is 4.79 Å². The molecule has 1 heterocycles. The van der Waals surface area contributed by atoms with Crippen LogP contribution in [0.1, 0.15) is 48.3 Å². The van der Waals surface area contributed by atoms with Gasteiger partial charge in [0.1, 0.15) is 0 Å². The predicted octanol–water partition coefficient (Wildman–Crippen LogP) is 4.98. The van der Waals surface area contributed by atoms with Crippen molar-refractivity contribution in [3.05, 3.63) is 76.1 Å². The number of aromatic nitrogens is 3. The van der Waals surface area contributed by atoms with E-state index in [-0.39, 0.29) is 11.9 Å². The summed E-state index contributed by atoms with van der Waals surface area (Å²) >= 11 is 7.65. The monoisotopic (exact) mass is 440 g/mol. The summed E-state index contributed by atoms with van der Waals surface area (Å²) in [6.45, 7) is 4.07. The minimum atomic E-state index is -0.445. The maximum Gasteiger partial charge on any atom is 0.231 e. The molecule has 0 unspecified atom stereocenters. The molecule has 0 bridgehead atoms. The third-order valence-electron chi connectivity index (χ3n) is 5.80. The molecule has 1 fully saturated rings. The third kappa shape index (κ3) is 4.12. The normalized spacial score (nSPS) is 15.6. The number of nitrogens with one attached hydrogen (secondary N) is 1. The van der Waals surface area contributed by atoms with Crippen molar-refractivity contribution in [2.24, 2.45) is 7.05 Å². The number of benzene rings is 2. The van der Waals surface area contributed by atoms with Crippen LogP contribution in [-0.2, 0) is 23.0 Å². The number of hydrogen-bond donors (Lipinski definition) is 1. The van der Waals surface area contributed by atoms with Crippen LogP contribution in [0.3, 0.4) is 0 Å². The van der Waals surface area contributed by atoms with Gasteiger partial charge in [0.15, 0.2) is 11.0 Å². The first kappa shape index (κ1) is 20.9. The molecular weight excluding hydrogens is 416 g/mol. The summed E-state index contributed by atoms with van der Waals surface area (Å²) in [6, 6.07) is 15.7. The van der Waals surface area contributed by atoms with Gasteiger partial charge in [-0.25, -0.2) is 0 Å². The molecule has 1 aromatic heterocycles. The largest absolute Gasteiger partial charge is 0.346 e.